The van der Waals surface area contributed by atoms with E-state index in [0.29, 0.717) is 51.9 Å². The van der Waals surface area contributed by atoms with Crippen molar-refractivity contribution in [1.82, 2.24) is 60.5 Å². The van der Waals surface area contributed by atoms with Gasteiger partial charge in [0.2, 0.25) is 11.8 Å². The highest BCUT2D eigenvalue weighted by atomic mass is 19.1. The van der Waals surface area contributed by atoms with E-state index in [0.717, 1.165) is 71.2 Å². The van der Waals surface area contributed by atoms with Gasteiger partial charge in [-0.2, -0.15) is 20.2 Å². The Morgan fingerprint density at radius 2 is 1.84 bits per heavy atom. The first-order valence-corrected chi connectivity index (χ1v) is 26.5. The number of ether oxygens (including phenoxy) is 3. The van der Waals surface area contributed by atoms with Gasteiger partial charge in [-0.3, -0.25) is 19.4 Å². The Labute approximate surface area is 444 Å². The summed E-state index contributed by atoms with van der Waals surface area (Å²) in [6.45, 7) is 11.5. The summed E-state index contributed by atoms with van der Waals surface area (Å²) in [6, 6.07) is 11.1. The second-order valence-corrected chi connectivity index (χ2v) is 21.1. The van der Waals surface area contributed by atoms with Crippen LogP contribution in [0.25, 0.3) is 44.2 Å². The highest BCUT2D eigenvalue weighted by molar-refractivity contribution is 6.06. The van der Waals surface area contributed by atoms with Gasteiger partial charge >= 0.3 is 6.01 Å². The van der Waals surface area contributed by atoms with E-state index in [4.69, 9.17) is 24.2 Å². The van der Waals surface area contributed by atoms with Crippen molar-refractivity contribution in [3.05, 3.63) is 89.3 Å². The maximum Gasteiger partial charge on any atom is 0.319 e. The number of aromatic nitrogens is 9. The number of carbonyl (C=O) groups excluding carboxylic acids is 2. The summed E-state index contributed by atoms with van der Waals surface area (Å²) in [4.78, 5) is 42.2. The molecule has 0 spiro atoms. The molecule has 3 aliphatic heterocycles. The summed E-state index contributed by atoms with van der Waals surface area (Å²) in [5, 5.41) is 49.4. The Morgan fingerprint density at radius 3 is 2.56 bits per heavy atom. The van der Waals surface area contributed by atoms with Gasteiger partial charge in [-0.1, -0.05) is 49.2 Å². The van der Waals surface area contributed by atoms with E-state index in [2.05, 4.69) is 59.0 Å². The van der Waals surface area contributed by atoms with Crippen LogP contribution in [0.15, 0.2) is 61.1 Å². The summed E-state index contributed by atoms with van der Waals surface area (Å²) in [5.41, 5.74) is 6.82. The maximum absolute atomic E-state index is 16.1. The number of likely N-dealkylation sites (tertiary alicyclic amines) is 1. The van der Waals surface area contributed by atoms with Crippen LogP contribution in [0.3, 0.4) is 0 Å². The predicted octanol–water partition coefficient (Wildman–Crippen LogP) is 5.20. The molecular weight excluding hydrogens is 986 g/mol. The van der Waals surface area contributed by atoms with E-state index >= 15 is 4.39 Å². The van der Waals surface area contributed by atoms with Gasteiger partial charge in [0.05, 0.1) is 42.9 Å². The molecule has 1 saturated carbocycles. The molecule has 402 valence electrons. The first-order chi connectivity index (χ1) is 37.3. The van der Waals surface area contributed by atoms with E-state index < -0.39 is 42.7 Å². The molecule has 21 heteroatoms. The molecule has 0 radical (unpaired) electrons. The van der Waals surface area contributed by atoms with Gasteiger partial charge in [0.1, 0.15) is 59.9 Å². The molecule has 3 aromatic carbocycles. The van der Waals surface area contributed by atoms with Crippen molar-refractivity contribution >= 4 is 39.4 Å². The minimum atomic E-state index is -1.00. The van der Waals surface area contributed by atoms with Gasteiger partial charge in [0, 0.05) is 79.3 Å². The van der Waals surface area contributed by atoms with Crippen molar-refractivity contribution in [3.63, 3.8) is 0 Å². The summed E-state index contributed by atoms with van der Waals surface area (Å²) in [7, 11) is 1.63. The summed E-state index contributed by atoms with van der Waals surface area (Å²) < 4.78 is 38.2. The Morgan fingerprint density at radius 1 is 1.03 bits per heavy atom. The number of carbonyl (C=O) groups is 2. The molecule has 1 aliphatic carbocycles. The molecular formula is C56H64FN13O7. The van der Waals surface area contributed by atoms with Gasteiger partial charge in [0.15, 0.2) is 5.75 Å². The van der Waals surface area contributed by atoms with Crippen molar-refractivity contribution in [3.8, 4) is 46.0 Å². The van der Waals surface area contributed by atoms with Crippen molar-refractivity contribution < 1.29 is 38.4 Å². The number of nitrogens with one attached hydrogen (secondary N) is 3. The Kier molecular flexibility index (Phi) is 14.4. The number of amides is 2. The van der Waals surface area contributed by atoms with Crippen LogP contribution in [-0.4, -0.2) is 148 Å². The van der Waals surface area contributed by atoms with E-state index in [-0.39, 0.29) is 62.0 Å². The third-order valence-electron chi connectivity index (χ3n) is 15.4. The van der Waals surface area contributed by atoms with E-state index in [1.54, 1.807) is 43.4 Å². The van der Waals surface area contributed by atoms with Crippen LogP contribution < -0.4 is 25.0 Å². The molecule has 5 N–H and O–H groups in total. The van der Waals surface area contributed by atoms with Crippen LogP contribution >= 0.6 is 0 Å². The highest BCUT2D eigenvalue weighted by Gasteiger charge is 2.44. The number of rotatable bonds is 18. The van der Waals surface area contributed by atoms with Crippen molar-refractivity contribution in [1.29, 1.82) is 0 Å². The molecule has 7 heterocycles. The number of H-pyrrole nitrogens is 1. The number of benzene rings is 3. The van der Waals surface area contributed by atoms with Crippen LogP contribution in [0.5, 0.6) is 11.8 Å². The van der Waals surface area contributed by atoms with Crippen molar-refractivity contribution in [2.45, 2.75) is 122 Å². The second kappa shape index (κ2) is 21.5. The lowest BCUT2D eigenvalue weighted by atomic mass is 9.88. The molecule has 0 unspecified atom stereocenters. The van der Waals surface area contributed by atoms with Gasteiger partial charge in [0.25, 0.3) is 0 Å². The SMILES string of the molecule is CCn1nccc1C#C[C@H](CO)NC(=O)[C@@H]1C[C@@H](O)CN1C(=O)[C@H](C(C)C)n1cc(-c2ccc(COc3c(-c4c(C)c(F)cc5[nH]ncc45)c(C4CC4)cc4c(N5C[C@@H]6C[C@H]5CN6)nc(OC[C@H](C)OC)nc34)cc2)nn1. The number of aliphatic hydroxyl groups is 2. The summed E-state index contributed by atoms with van der Waals surface area (Å²) >= 11 is 0. The van der Waals surface area contributed by atoms with E-state index in [1.165, 1.54) is 15.6 Å². The van der Waals surface area contributed by atoms with Crippen molar-refractivity contribution in [2.24, 2.45) is 5.92 Å². The average Bonchev–Trinajstić information content (AvgIpc) is 4.15. The normalized spacial score (nSPS) is 20.2. The number of aryl methyl sites for hydroxylation is 1. The number of aromatic amines is 1. The zero-order valence-corrected chi connectivity index (χ0v) is 44.0. The fourth-order valence-corrected chi connectivity index (χ4v) is 11.1. The molecule has 4 aliphatic rings. The maximum atomic E-state index is 16.1. The molecule has 7 aromatic rings. The van der Waals surface area contributed by atoms with E-state index in [1.807, 2.05) is 52.0 Å². The number of anilines is 1. The quantitative estimate of drug-likeness (QED) is 0.0695. The standard InChI is InChI=1S/C56H64FN13O7/c1-7-69-38(16-17-60-69)15-14-36(27-71)61-54(73)47-19-40(72)25-68(47)55(74)51(30(2)3)70-26-46(65-66-70)35-10-8-33(9-11-35)29-76-52-49(48-32(5)44(57)21-45-43(48)23-59-64-45)41(34-12-13-34)20-42-50(52)62-56(77-28-31(4)75-6)63-53(42)67-24-37-18-39(67)22-58-37/h8-11,16-17,20-21,23,26,30-31,34,36-37,39-40,47,51,58,71-72H,7,12-13,18-19,22,24-25,27-29H2,1-6H3,(H,59,64)(H,61,73)/t31-,36+,37-,39-,40+,47-,51-/m0/s1. The van der Waals surface area contributed by atoms with Crippen molar-refractivity contribution in [2.75, 3.05) is 44.9 Å². The minimum Gasteiger partial charge on any atom is -0.486 e. The highest BCUT2D eigenvalue weighted by Crippen LogP contribution is 2.53. The number of aliphatic hydroxyl groups excluding tert-OH is 2. The molecule has 77 heavy (non-hydrogen) atoms. The molecule has 11 rings (SSSR count). The summed E-state index contributed by atoms with van der Waals surface area (Å²) in [6.07, 6.45) is 6.89. The number of piperazine rings is 1. The molecule has 20 nitrogen and oxygen atoms in total. The Balaban J connectivity index is 0.888. The molecule has 7 atom stereocenters. The number of nitrogens with zero attached hydrogens (tertiary/aromatic N) is 10. The number of methoxy groups -OCH3 is 1. The monoisotopic (exact) mass is 1050 g/mol. The van der Waals surface area contributed by atoms with Crippen LogP contribution in [0, 0.1) is 30.5 Å². The largest absolute Gasteiger partial charge is 0.486 e. The Bertz CT molecular complexity index is 3400. The van der Waals surface area contributed by atoms with Crippen LogP contribution in [0.1, 0.15) is 87.7 Å². The first kappa shape index (κ1) is 51.6. The lowest BCUT2D eigenvalue weighted by molar-refractivity contribution is -0.142. The molecule has 3 saturated heterocycles. The zero-order chi connectivity index (χ0) is 53.6. The fraction of sp³-hybridized carbons (Fsp3) is 0.464. The molecule has 2 bridgehead atoms. The van der Waals surface area contributed by atoms with Crippen LogP contribution in [0.2, 0.25) is 0 Å². The minimum absolute atomic E-state index is 0.0210. The molecule has 4 fully saturated rings. The fourth-order valence-electron chi connectivity index (χ4n) is 11.1. The van der Waals surface area contributed by atoms with Gasteiger partial charge in [-0.25, -0.2) is 9.07 Å². The first-order valence-electron chi connectivity index (χ1n) is 26.5. The Hall–Kier alpha value is -7.51. The number of β-amino-alcohol motifs (C(OH)–C–C–N with tert-alkyl or cyclic N) is 1. The third-order valence-corrected chi connectivity index (χ3v) is 15.4. The molecule has 4 aromatic heterocycles. The average molecular weight is 1050 g/mol. The second-order valence-electron chi connectivity index (χ2n) is 21.1. The summed E-state index contributed by atoms with van der Waals surface area (Å²) in [5.74, 6) is 5.77. The lowest BCUT2D eigenvalue weighted by Crippen LogP contribution is -2.51. The van der Waals surface area contributed by atoms with E-state index in [9.17, 15) is 19.8 Å². The number of fused-ring (bicyclic) bond motifs is 4. The zero-order valence-electron chi connectivity index (χ0n) is 44.0. The smallest absolute Gasteiger partial charge is 0.319 e. The predicted molar refractivity (Wildman–Crippen MR) is 284 cm³/mol. The topological polar surface area (TPSA) is 236 Å². The van der Waals surface area contributed by atoms with Gasteiger partial charge in [-0.05, 0) is 92.7 Å². The molecule has 2 amide bonds. The van der Waals surface area contributed by atoms with Crippen LogP contribution in [0.4, 0.5) is 10.2 Å². The number of hydrogen-bond donors (Lipinski definition) is 5. The van der Waals surface area contributed by atoms with Gasteiger partial charge in [-0.15, -0.1) is 5.10 Å². The number of halogens is 1. The third kappa shape index (κ3) is 10.2. The van der Waals surface area contributed by atoms with Crippen LogP contribution in [-0.2, 0) is 27.5 Å². The lowest BCUT2D eigenvalue weighted by Gasteiger charge is -2.30. The van der Waals surface area contributed by atoms with Gasteiger partial charge < -0.3 is 44.9 Å². The number of hydrogen-bond acceptors (Lipinski definition) is 15.